The van der Waals surface area contributed by atoms with Crippen molar-refractivity contribution in [2.45, 2.75) is 25.3 Å². The lowest BCUT2D eigenvalue weighted by molar-refractivity contribution is -0.384. The lowest BCUT2D eigenvalue weighted by Gasteiger charge is -2.22. The van der Waals surface area contributed by atoms with E-state index in [-0.39, 0.29) is 11.3 Å². The molecule has 1 aromatic rings. The van der Waals surface area contributed by atoms with Crippen molar-refractivity contribution in [3.05, 3.63) is 33.9 Å². The van der Waals surface area contributed by atoms with Crippen LogP contribution in [0.3, 0.4) is 0 Å². The van der Waals surface area contributed by atoms with E-state index in [0.29, 0.717) is 17.9 Å². The highest BCUT2D eigenvalue weighted by Crippen LogP contribution is 2.28. The minimum absolute atomic E-state index is 0.156. The van der Waals surface area contributed by atoms with Gasteiger partial charge in [-0.1, -0.05) is 0 Å². The zero-order valence-corrected chi connectivity index (χ0v) is 15.7. The molecule has 1 aromatic carbocycles. The molecule has 1 heterocycles. The van der Waals surface area contributed by atoms with Crippen LogP contribution in [-0.4, -0.2) is 55.0 Å². The number of carbonyl (C=O) groups is 2. The number of amides is 1. The summed E-state index contributed by atoms with van der Waals surface area (Å²) in [7, 11) is 1.27. The predicted octanol–water partition coefficient (Wildman–Crippen LogP) is 2.22. The van der Waals surface area contributed by atoms with E-state index in [1.165, 1.54) is 19.2 Å². The van der Waals surface area contributed by atoms with Crippen molar-refractivity contribution < 1.29 is 19.2 Å². The molecule has 1 amide bonds. The lowest BCUT2D eigenvalue weighted by atomic mass is 10.1. The molecule has 0 aromatic heterocycles. The molecule has 2 rings (SSSR count). The number of benzene rings is 1. The molecule has 0 bridgehead atoms. The van der Waals surface area contributed by atoms with Crippen molar-refractivity contribution in [2.75, 3.05) is 37.1 Å². The van der Waals surface area contributed by atoms with Crippen molar-refractivity contribution in [1.29, 1.82) is 0 Å². The van der Waals surface area contributed by atoms with Crippen molar-refractivity contribution in [3.63, 3.8) is 0 Å². The van der Waals surface area contributed by atoms with Crippen LogP contribution in [0, 0.1) is 10.1 Å². The minimum Gasteiger partial charge on any atom is -0.467 e. The fourth-order valence-corrected chi connectivity index (χ4v) is 3.39. The molecule has 142 valence electrons. The number of rotatable bonds is 8. The summed E-state index contributed by atoms with van der Waals surface area (Å²) in [5, 5.41) is 13.8. The first kappa shape index (κ1) is 20.0. The third-order valence-corrected chi connectivity index (χ3v) is 4.93. The Morgan fingerprint density at radius 1 is 1.38 bits per heavy atom. The summed E-state index contributed by atoms with van der Waals surface area (Å²) >= 11 is 1.55. The number of esters is 1. The zero-order valence-electron chi connectivity index (χ0n) is 14.9. The lowest BCUT2D eigenvalue weighted by Crippen LogP contribution is -2.42. The van der Waals surface area contributed by atoms with Crippen LogP contribution in [0.1, 0.15) is 29.6 Å². The quantitative estimate of drug-likeness (QED) is 0.418. The molecule has 1 atom stereocenters. The first-order valence-corrected chi connectivity index (χ1v) is 9.78. The molecule has 1 saturated heterocycles. The van der Waals surface area contributed by atoms with E-state index in [9.17, 15) is 19.7 Å². The van der Waals surface area contributed by atoms with E-state index in [4.69, 9.17) is 4.74 Å². The van der Waals surface area contributed by atoms with E-state index < -0.39 is 22.8 Å². The van der Waals surface area contributed by atoms with Gasteiger partial charge < -0.3 is 15.0 Å². The van der Waals surface area contributed by atoms with E-state index in [1.807, 2.05) is 11.2 Å². The Morgan fingerprint density at radius 2 is 2.08 bits per heavy atom. The number of thioether (sulfide) groups is 1. The van der Waals surface area contributed by atoms with Crippen LogP contribution in [0.5, 0.6) is 0 Å². The summed E-state index contributed by atoms with van der Waals surface area (Å²) in [6.45, 7) is 1.59. The Labute approximate surface area is 156 Å². The topological polar surface area (TPSA) is 102 Å². The van der Waals surface area contributed by atoms with Gasteiger partial charge in [-0.15, -0.1) is 0 Å². The third-order valence-electron chi connectivity index (χ3n) is 4.28. The van der Waals surface area contributed by atoms with Crippen LogP contribution in [-0.2, 0) is 9.53 Å². The third kappa shape index (κ3) is 4.87. The summed E-state index contributed by atoms with van der Waals surface area (Å²) in [4.78, 5) is 37.4. The Kier molecular flexibility index (Phi) is 7.26. The highest BCUT2D eigenvalue weighted by atomic mass is 32.2. The number of carbonyl (C=O) groups excluding carboxylic acids is 2. The molecule has 26 heavy (non-hydrogen) atoms. The molecule has 0 aliphatic carbocycles. The van der Waals surface area contributed by atoms with Crippen LogP contribution in [0.15, 0.2) is 18.2 Å². The molecule has 0 radical (unpaired) electrons. The zero-order chi connectivity index (χ0) is 19.1. The molecule has 1 aliphatic rings. The molecule has 1 N–H and O–H groups in total. The molecule has 8 nitrogen and oxygen atoms in total. The van der Waals surface area contributed by atoms with Crippen molar-refractivity contribution in [1.82, 2.24) is 5.32 Å². The number of nitro groups is 1. The second-order valence-electron chi connectivity index (χ2n) is 5.98. The second kappa shape index (κ2) is 9.42. The fraction of sp³-hybridized carbons (Fsp3) is 0.529. The Morgan fingerprint density at radius 3 is 2.65 bits per heavy atom. The van der Waals surface area contributed by atoms with Crippen LogP contribution in [0.4, 0.5) is 11.4 Å². The maximum Gasteiger partial charge on any atom is 0.328 e. The molecule has 1 aliphatic heterocycles. The Balaban J connectivity index is 2.30. The van der Waals surface area contributed by atoms with E-state index in [1.54, 1.807) is 17.8 Å². The predicted molar refractivity (Wildman–Crippen MR) is 101 cm³/mol. The van der Waals surface area contributed by atoms with Gasteiger partial charge in [-0.3, -0.25) is 14.9 Å². The second-order valence-corrected chi connectivity index (χ2v) is 6.97. The standard InChI is InChI=1S/C17H23N3O5S/c1-25-17(22)14(7-10-26-2)18-16(21)13-11-12(20(23)24)5-6-15(13)19-8-3-4-9-19/h5-6,11,14H,3-4,7-10H2,1-2H3,(H,18,21)/t14-/m0/s1. The van der Waals surface area contributed by atoms with Gasteiger partial charge in [-0.05, 0) is 37.3 Å². The average molecular weight is 381 g/mol. The van der Waals surface area contributed by atoms with Gasteiger partial charge in [0.2, 0.25) is 0 Å². The Bertz CT molecular complexity index is 676. The van der Waals surface area contributed by atoms with Gasteiger partial charge in [0, 0.05) is 25.2 Å². The molecular weight excluding hydrogens is 358 g/mol. The van der Waals surface area contributed by atoms with Gasteiger partial charge >= 0.3 is 5.97 Å². The number of ether oxygens (including phenoxy) is 1. The summed E-state index contributed by atoms with van der Waals surface area (Å²) in [5.74, 6) is -0.360. The number of anilines is 1. The van der Waals surface area contributed by atoms with Crippen LogP contribution in [0.2, 0.25) is 0 Å². The number of hydrogen-bond acceptors (Lipinski definition) is 7. The van der Waals surface area contributed by atoms with E-state index in [2.05, 4.69) is 5.32 Å². The SMILES string of the molecule is COC(=O)[C@H](CCSC)NC(=O)c1cc([N+](=O)[O-])ccc1N1CCCC1. The molecule has 9 heteroatoms. The summed E-state index contributed by atoms with van der Waals surface area (Å²) < 4.78 is 4.76. The maximum absolute atomic E-state index is 12.8. The molecule has 0 spiro atoms. The monoisotopic (exact) mass is 381 g/mol. The fourth-order valence-electron chi connectivity index (χ4n) is 2.92. The van der Waals surface area contributed by atoms with Crippen LogP contribution >= 0.6 is 11.8 Å². The van der Waals surface area contributed by atoms with E-state index >= 15 is 0 Å². The van der Waals surface area contributed by atoms with Crippen LogP contribution < -0.4 is 10.2 Å². The number of hydrogen-bond donors (Lipinski definition) is 1. The summed E-state index contributed by atoms with van der Waals surface area (Å²) in [6, 6.07) is 3.49. The van der Waals surface area contributed by atoms with Gasteiger partial charge in [0.15, 0.2) is 0 Å². The Hall–Kier alpha value is -2.29. The van der Waals surface area contributed by atoms with Crippen LogP contribution in [0.25, 0.3) is 0 Å². The van der Waals surface area contributed by atoms with Crippen molar-refractivity contribution in [3.8, 4) is 0 Å². The average Bonchev–Trinajstić information content (AvgIpc) is 3.18. The van der Waals surface area contributed by atoms with Gasteiger partial charge in [-0.2, -0.15) is 11.8 Å². The highest BCUT2D eigenvalue weighted by Gasteiger charge is 2.26. The first-order valence-electron chi connectivity index (χ1n) is 8.39. The van der Waals surface area contributed by atoms with Gasteiger partial charge in [0.1, 0.15) is 6.04 Å². The van der Waals surface area contributed by atoms with Gasteiger partial charge in [0.25, 0.3) is 11.6 Å². The van der Waals surface area contributed by atoms with Crippen molar-refractivity contribution in [2.24, 2.45) is 0 Å². The summed E-state index contributed by atoms with van der Waals surface area (Å²) in [5.41, 5.74) is 0.704. The highest BCUT2D eigenvalue weighted by molar-refractivity contribution is 7.98. The summed E-state index contributed by atoms with van der Waals surface area (Å²) in [6.07, 6.45) is 4.35. The minimum atomic E-state index is -0.786. The molecular formula is C17H23N3O5S. The molecule has 0 saturated carbocycles. The normalized spacial score (nSPS) is 14.8. The number of nitro benzene ring substituents is 1. The number of non-ortho nitro benzene ring substituents is 1. The van der Waals surface area contributed by atoms with E-state index in [0.717, 1.165) is 25.9 Å². The largest absolute Gasteiger partial charge is 0.467 e. The van der Waals surface area contributed by atoms with Gasteiger partial charge in [0.05, 0.1) is 23.3 Å². The maximum atomic E-state index is 12.8. The van der Waals surface area contributed by atoms with Gasteiger partial charge in [-0.25, -0.2) is 4.79 Å². The number of nitrogens with one attached hydrogen (secondary N) is 1. The number of nitrogens with zero attached hydrogens (tertiary/aromatic N) is 2. The first-order chi connectivity index (χ1) is 12.5. The smallest absolute Gasteiger partial charge is 0.328 e. The number of methoxy groups -OCH3 is 1. The van der Waals surface area contributed by atoms with Crippen molar-refractivity contribution >= 4 is 35.0 Å². The molecule has 1 fully saturated rings. The molecule has 0 unspecified atom stereocenters.